The van der Waals surface area contributed by atoms with Gasteiger partial charge >= 0.3 is 12.0 Å². The van der Waals surface area contributed by atoms with E-state index < -0.39 is 5.97 Å². The van der Waals surface area contributed by atoms with Gasteiger partial charge in [-0.1, -0.05) is 6.92 Å². The number of urea groups is 1. The number of pyridine rings is 1. The summed E-state index contributed by atoms with van der Waals surface area (Å²) in [5, 5.41) is 14.0. The van der Waals surface area contributed by atoms with Gasteiger partial charge in [-0.25, -0.2) is 4.79 Å². The van der Waals surface area contributed by atoms with Crippen molar-refractivity contribution in [3.8, 4) is 0 Å². The van der Waals surface area contributed by atoms with Crippen LogP contribution in [0.3, 0.4) is 0 Å². The van der Waals surface area contributed by atoms with Crippen molar-refractivity contribution < 1.29 is 14.7 Å². The van der Waals surface area contributed by atoms with Crippen LogP contribution in [0.1, 0.15) is 43.9 Å². The lowest BCUT2D eigenvalue weighted by molar-refractivity contribution is -0.137. The number of aliphatic carboxylic acids is 1. The largest absolute Gasteiger partial charge is 0.481 e. The zero-order chi connectivity index (χ0) is 15.0. The van der Waals surface area contributed by atoms with Crippen LogP contribution in [0.25, 0.3) is 0 Å². The van der Waals surface area contributed by atoms with Crippen molar-refractivity contribution in [1.29, 1.82) is 0 Å². The summed E-state index contributed by atoms with van der Waals surface area (Å²) in [6.45, 7) is 4.30. The van der Waals surface area contributed by atoms with Gasteiger partial charge in [0.1, 0.15) is 0 Å². The second-order valence-electron chi connectivity index (χ2n) is 4.55. The third-order valence-electron chi connectivity index (χ3n) is 2.99. The Balaban J connectivity index is 2.43. The van der Waals surface area contributed by atoms with Gasteiger partial charge in [-0.05, 0) is 37.0 Å². The summed E-state index contributed by atoms with van der Waals surface area (Å²) in [5.74, 6) is -0.857. The standard InChI is InChI=1S/C14H21N3O3/c1-3-11-9-15-8-6-12(11)10(2)17-14(20)16-7-4-5-13(18)19/h6,8-10H,3-5,7H2,1-2H3,(H,18,19)(H2,16,17,20). The zero-order valence-corrected chi connectivity index (χ0v) is 11.8. The third kappa shape index (κ3) is 5.26. The number of carboxylic acids is 1. The minimum absolute atomic E-state index is 0.0557. The van der Waals surface area contributed by atoms with Crippen molar-refractivity contribution in [2.24, 2.45) is 0 Å². The summed E-state index contributed by atoms with van der Waals surface area (Å²) >= 11 is 0. The van der Waals surface area contributed by atoms with E-state index in [4.69, 9.17) is 5.11 Å². The van der Waals surface area contributed by atoms with Gasteiger partial charge < -0.3 is 15.7 Å². The van der Waals surface area contributed by atoms with E-state index in [9.17, 15) is 9.59 Å². The van der Waals surface area contributed by atoms with Gasteiger partial charge in [0, 0.05) is 25.4 Å². The molecular formula is C14H21N3O3. The van der Waals surface area contributed by atoms with Crippen LogP contribution in [-0.4, -0.2) is 28.6 Å². The van der Waals surface area contributed by atoms with E-state index >= 15 is 0 Å². The number of carbonyl (C=O) groups is 2. The van der Waals surface area contributed by atoms with Gasteiger partial charge in [0.2, 0.25) is 0 Å². The van der Waals surface area contributed by atoms with E-state index in [2.05, 4.69) is 15.6 Å². The molecule has 0 saturated heterocycles. The lowest BCUT2D eigenvalue weighted by Gasteiger charge is -2.17. The molecule has 1 heterocycles. The SMILES string of the molecule is CCc1cnccc1C(C)NC(=O)NCCCC(=O)O. The van der Waals surface area contributed by atoms with Crippen molar-refractivity contribution >= 4 is 12.0 Å². The van der Waals surface area contributed by atoms with Crippen LogP contribution in [0.5, 0.6) is 0 Å². The maximum absolute atomic E-state index is 11.7. The molecule has 0 fully saturated rings. The Kier molecular flexibility index (Phi) is 6.49. The molecule has 6 nitrogen and oxygen atoms in total. The Bertz CT molecular complexity index is 463. The Labute approximate surface area is 118 Å². The smallest absolute Gasteiger partial charge is 0.315 e. The minimum Gasteiger partial charge on any atom is -0.481 e. The van der Waals surface area contributed by atoms with Crippen LogP contribution in [0.2, 0.25) is 0 Å². The molecule has 0 aliphatic rings. The highest BCUT2D eigenvalue weighted by atomic mass is 16.4. The maximum Gasteiger partial charge on any atom is 0.315 e. The average Bonchev–Trinajstić information content (AvgIpc) is 2.43. The van der Waals surface area contributed by atoms with Crippen molar-refractivity contribution in [2.75, 3.05) is 6.54 Å². The fraction of sp³-hybridized carbons (Fsp3) is 0.500. The first-order valence-corrected chi connectivity index (χ1v) is 6.73. The third-order valence-corrected chi connectivity index (χ3v) is 2.99. The van der Waals surface area contributed by atoms with E-state index in [1.807, 2.05) is 19.9 Å². The molecule has 1 atom stereocenters. The highest BCUT2D eigenvalue weighted by molar-refractivity contribution is 5.74. The highest BCUT2D eigenvalue weighted by Crippen LogP contribution is 2.16. The molecule has 1 aromatic rings. The van der Waals surface area contributed by atoms with Crippen LogP contribution < -0.4 is 10.6 Å². The molecule has 0 aromatic carbocycles. The van der Waals surface area contributed by atoms with Crippen LogP contribution in [0.4, 0.5) is 4.79 Å². The minimum atomic E-state index is -0.857. The molecule has 0 saturated carbocycles. The Morgan fingerprint density at radius 1 is 1.45 bits per heavy atom. The monoisotopic (exact) mass is 279 g/mol. The Morgan fingerprint density at radius 3 is 2.85 bits per heavy atom. The van der Waals surface area contributed by atoms with Crippen LogP contribution in [0.15, 0.2) is 18.5 Å². The van der Waals surface area contributed by atoms with Gasteiger partial charge in [0.25, 0.3) is 0 Å². The molecule has 2 amide bonds. The van der Waals surface area contributed by atoms with Crippen molar-refractivity contribution in [1.82, 2.24) is 15.6 Å². The molecule has 0 spiro atoms. The van der Waals surface area contributed by atoms with Crippen LogP contribution in [-0.2, 0) is 11.2 Å². The predicted molar refractivity (Wildman–Crippen MR) is 75.4 cm³/mol. The molecular weight excluding hydrogens is 258 g/mol. The van der Waals surface area contributed by atoms with Crippen LogP contribution >= 0.6 is 0 Å². The summed E-state index contributed by atoms with van der Waals surface area (Å²) in [6.07, 6.45) is 4.85. The lowest BCUT2D eigenvalue weighted by Crippen LogP contribution is -2.37. The van der Waals surface area contributed by atoms with Crippen molar-refractivity contribution in [2.45, 2.75) is 39.2 Å². The molecule has 20 heavy (non-hydrogen) atoms. The number of hydrogen-bond donors (Lipinski definition) is 3. The number of aromatic nitrogens is 1. The number of nitrogens with zero attached hydrogens (tertiary/aromatic N) is 1. The van der Waals surface area contributed by atoms with Gasteiger partial charge in [0.05, 0.1) is 6.04 Å². The maximum atomic E-state index is 11.7. The van der Waals surface area contributed by atoms with E-state index in [0.717, 1.165) is 17.5 Å². The quantitative estimate of drug-likeness (QED) is 0.664. The number of aryl methyl sites for hydroxylation is 1. The predicted octanol–water partition coefficient (Wildman–Crippen LogP) is 1.87. The average molecular weight is 279 g/mol. The second kappa shape index (κ2) is 8.14. The summed E-state index contributed by atoms with van der Waals surface area (Å²) in [5.41, 5.74) is 2.15. The lowest BCUT2D eigenvalue weighted by atomic mass is 10.0. The number of nitrogens with one attached hydrogen (secondary N) is 2. The molecule has 110 valence electrons. The normalized spacial score (nSPS) is 11.7. The van der Waals surface area contributed by atoms with Gasteiger partial charge in [-0.2, -0.15) is 0 Å². The summed E-state index contributed by atoms with van der Waals surface area (Å²) < 4.78 is 0. The first-order valence-electron chi connectivity index (χ1n) is 6.73. The Morgan fingerprint density at radius 2 is 2.20 bits per heavy atom. The summed E-state index contributed by atoms with van der Waals surface area (Å²) in [6, 6.07) is 1.49. The molecule has 0 aliphatic heterocycles. The first-order chi connectivity index (χ1) is 9.54. The number of hydrogen-bond acceptors (Lipinski definition) is 3. The van der Waals surface area contributed by atoms with Crippen LogP contribution in [0, 0.1) is 0 Å². The fourth-order valence-electron chi connectivity index (χ4n) is 1.92. The fourth-order valence-corrected chi connectivity index (χ4v) is 1.92. The molecule has 1 rings (SSSR count). The molecule has 6 heteroatoms. The highest BCUT2D eigenvalue weighted by Gasteiger charge is 2.12. The zero-order valence-electron chi connectivity index (χ0n) is 11.8. The molecule has 0 radical (unpaired) electrons. The second-order valence-corrected chi connectivity index (χ2v) is 4.55. The van der Waals surface area contributed by atoms with Crippen molar-refractivity contribution in [3.63, 3.8) is 0 Å². The van der Waals surface area contributed by atoms with E-state index in [1.54, 1.807) is 12.4 Å². The number of carbonyl (C=O) groups excluding carboxylic acids is 1. The first kappa shape index (κ1) is 15.9. The molecule has 1 unspecified atom stereocenters. The van der Waals surface area contributed by atoms with Gasteiger partial charge in [-0.3, -0.25) is 9.78 Å². The van der Waals surface area contributed by atoms with Gasteiger partial charge in [-0.15, -0.1) is 0 Å². The number of rotatable bonds is 7. The van der Waals surface area contributed by atoms with Gasteiger partial charge in [0.15, 0.2) is 0 Å². The van der Waals surface area contributed by atoms with E-state index in [0.29, 0.717) is 13.0 Å². The van der Waals surface area contributed by atoms with E-state index in [1.165, 1.54) is 0 Å². The summed E-state index contributed by atoms with van der Waals surface area (Å²) in [4.78, 5) is 26.1. The number of carboxylic acid groups (broad SMARTS) is 1. The molecule has 0 aliphatic carbocycles. The topological polar surface area (TPSA) is 91.3 Å². The molecule has 1 aromatic heterocycles. The molecule has 0 bridgehead atoms. The molecule has 3 N–H and O–H groups in total. The van der Waals surface area contributed by atoms with Crippen molar-refractivity contribution in [3.05, 3.63) is 29.6 Å². The number of amides is 2. The summed E-state index contributed by atoms with van der Waals surface area (Å²) in [7, 11) is 0. The Hall–Kier alpha value is -2.11. The van der Waals surface area contributed by atoms with E-state index in [-0.39, 0.29) is 18.5 Å².